The second kappa shape index (κ2) is 13.5. The molecule has 0 spiro atoms. The molecule has 236 valence electrons. The fraction of sp³-hybridized carbons (Fsp3) is 0.394. The Labute approximate surface area is 256 Å². The third kappa shape index (κ3) is 9.55. The molecule has 0 aliphatic carbocycles. The summed E-state index contributed by atoms with van der Waals surface area (Å²) in [5.41, 5.74) is 0.988. The maximum absolute atomic E-state index is 14.2. The van der Waals surface area contributed by atoms with Crippen molar-refractivity contribution in [3.63, 3.8) is 0 Å². The average molecular weight is 613 g/mol. The van der Waals surface area contributed by atoms with E-state index in [1.54, 1.807) is 39.0 Å². The predicted octanol–water partition coefficient (Wildman–Crippen LogP) is 8.03. The number of carbonyl (C=O) groups excluding carboxylic acids is 3. The van der Waals surface area contributed by atoms with E-state index in [0.29, 0.717) is 6.54 Å². The quantitative estimate of drug-likeness (QED) is 0.187. The number of carbonyl (C=O) groups is 3. The van der Waals surface area contributed by atoms with E-state index >= 15 is 0 Å². The van der Waals surface area contributed by atoms with E-state index < -0.39 is 41.5 Å². The van der Waals surface area contributed by atoms with Gasteiger partial charge in [-0.2, -0.15) is 13.2 Å². The second-order valence-electron chi connectivity index (χ2n) is 12.2. The number of aryl methyl sites for hydroxylation is 2. The van der Waals surface area contributed by atoms with E-state index in [-0.39, 0.29) is 28.5 Å². The van der Waals surface area contributed by atoms with Crippen LogP contribution in [0, 0.1) is 19.8 Å². The number of ketones is 1. The number of halogens is 3. The molecule has 0 fully saturated rings. The van der Waals surface area contributed by atoms with Gasteiger partial charge in [0.1, 0.15) is 5.60 Å². The van der Waals surface area contributed by atoms with Crippen LogP contribution in [0.2, 0.25) is 0 Å². The molecule has 3 aromatic rings. The van der Waals surface area contributed by atoms with Crippen molar-refractivity contribution in [3.8, 4) is 11.1 Å². The molecule has 1 heterocycles. The smallest absolute Gasteiger partial charge is 0.418 e. The van der Waals surface area contributed by atoms with Gasteiger partial charge in [-0.1, -0.05) is 32.0 Å². The summed E-state index contributed by atoms with van der Waals surface area (Å²) in [6.07, 6.45) is -6.33. The van der Waals surface area contributed by atoms with Gasteiger partial charge < -0.3 is 15.0 Å². The lowest BCUT2D eigenvalue weighted by atomic mass is 9.99. The Hall–Kier alpha value is -4.41. The molecule has 2 N–H and O–H groups in total. The van der Waals surface area contributed by atoms with Crippen LogP contribution in [0.3, 0.4) is 0 Å². The zero-order chi connectivity index (χ0) is 33.0. The Balaban J connectivity index is 1.94. The molecule has 0 atom stereocenters. The topological polar surface area (TPSA) is 101 Å². The van der Waals surface area contributed by atoms with E-state index in [4.69, 9.17) is 4.74 Å². The van der Waals surface area contributed by atoms with Gasteiger partial charge in [0.05, 0.1) is 29.0 Å². The first-order valence-electron chi connectivity index (χ1n) is 14.2. The Morgan fingerprint density at radius 3 is 2.09 bits per heavy atom. The van der Waals surface area contributed by atoms with Gasteiger partial charge in [-0.3, -0.25) is 19.9 Å². The van der Waals surface area contributed by atoms with Gasteiger partial charge in [-0.05, 0) is 82.0 Å². The van der Waals surface area contributed by atoms with Crippen molar-refractivity contribution in [2.24, 2.45) is 5.92 Å². The van der Waals surface area contributed by atoms with E-state index in [0.717, 1.165) is 34.6 Å². The zero-order valence-corrected chi connectivity index (χ0v) is 26.3. The fourth-order valence-corrected chi connectivity index (χ4v) is 4.71. The number of anilines is 3. The van der Waals surface area contributed by atoms with Gasteiger partial charge in [-0.15, -0.1) is 0 Å². The molecule has 0 bridgehead atoms. The highest BCUT2D eigenvalue weighted by Crippen LogP contribution is 2.42. The Morgan fingerprint density at radius 2 is 1.52 bits per heavy atom. The Kier molecular flexibility index (Phi) is 10.4. The summed E-state index contributed by atoms with van der Waals surface area (Å²) < 4.78 is 48.0. The van der Waals surface area contributed by atoms with E-state index in [2.05, 4.69) is 15.6 Å². The lowest BCUT2D eigenvalue weighted by Gasteiger charge is -2.27. The van der Waals surface area contributed by atoms with Gasteiger partial charge in [0.15, 0.2) is 5.78 Å². The molecule has 11 heteroatoms. The van der Waals surface area contributed by atoms with Crippen LogP contribution in [0.4, 0.5) is 35.0 Å². The summed E-state index contributed by atoms with van der Waals surface area (Å²) in [7, 11) is 1.52. The summed E-state index contributed by atoms with van der Waals surface area (Å²) in [5.74, 6) is -1.34. The number of alkyl halides is 3. The molecule has 0 saturated heterocycles. The molecule has 0 radical (unpaired) electrons. The first-order chi connectivity index (χ1) is 20.3. The predicted molar refractivity (Wildman–Crippen MR) is 166 cm³/mol. The molecule has 0 saturated carbocycles. The number of aromatic nitrogens is 1. The summed E-state index contributed by atoms with van der Waals surface area (Å²) in [5, 5.41) is 4.86. The molecule has 44 heavy (non-hydrogen) atoms. The third-order valence-corrected chi connectivity index (χ3v) is 6.32. The van der Waals surface area contributed by atoms with Crippen molar-refractivity contribution < 1.29 is 32.3 Å². The zero-order valence-electron chi connectivity index (χ0n) is 26.3. The van der Waals surface area contributed by atoms with Crippen LogP contribution in [0.15, 0.2) is 48.5 Å². The minimum absolute atomic E-state index is 0.0406. The number of hydrogen-bond donors (Lipinski definition) is 2. The number of pyridine rings is 1. The molecule has 3 rings (SSSR count). The monoisotopic (exact) mass is 612 g/mol. The minimum atomic E-state index is -4.77. The van der Waals surface area contributed by atoms with E-state index in [1.807, 2.05) is 45.9 Å². The average Bonchev–Trinajstić information content (AvgIpc) is 2.86. The molecular weight excluding hydrogens is 573 g/mol. The number of hydrogen-bond acceptors (Lipinski definition) is 6. The first-order valence-corrected chi connectivity index (χ1v) is 14.2. The molecule has 0 aliphatic heterocycles. The summed E-state index contributed by atoms with van der Waals surface area (Å²) in [4.78, 5) is 44.6. The van der Waals surface area contributed by atoms with E-state index in [9.17, 15) is 27.6 Å². The van der Waals surface area contributed by atoms with Gasteiger partial charge >= 0.3 is 12.3 Å². The van der Waals surface area contributed by atoms with Crippen molar-refractivity contribution in [1.29, 1.82) is 0 Å². The van der Waals surface area contributed by atoms with Gasteiger partial charge in [0.2, 0.25) is 5.91 Å². The number of nitrogens with zero attached hydrogens (tertiary/aromatic N) is 2. The first kappa shape index (κ1) is 34.1. The maximum atomic E-state index is 14.2. The highest BCUT2D eigenvalue weighted by atomic mass is 19.4. The minimum Gasteiger partial charge on any atom is -0.444 e. The van der Waals surface area contributed by atoms with Gasteiger partial charge in [-0.25, -0.2) is 4.79 Å². The standard InChI is InChI=1S/C33H39F3N4O4/c1-19(2)18-40(8)28-16-27(39-31(43)44-32(5,6)7)26(15-25(28)33(34,35)36)38-30(42)17-29(41)23-11-9-10-22(14-23)24-12-20(3)37-21(4)13-24/h9-16,19H,17-18H2,1-8H3,(H,38,42)(H,39,43). The van der Waals surface area contributed by atoms with Gasteiger partial charge in [0, 0.05) is 30.5 Å². The van der Waals surface area contributed by atoms with Crippen LogP contribution in [-0.2, 0) is 15.7 Å². The second-order valence-corrected chi connectivity index (χ2v) is 12.2. The molecular formula is C33H39F3N4O4. The number of amides is 2. The number of ether oxygens (including phenoxy) is 1. The normalized spacial score (nSPS) is 11.7. The third-order valence-electron chi connectivity index (χ3n) is 6.32. The lowest BCUT2D eigenvalue weighted by Crippen LogP contribution is -2.29. The largest absolute Gasteiger partial charge is 0.444 e. The Morgan fingerprint density at radius 1 is 0.909 bits per heavy atom. The molecule has 2 amide bonds. The van der Waals surface area contributed by atoms with Crippen LogP contribution in [0.25, 0.3) is 11.1 Å². The molecule has 8 nitrogen and oxygen atoms in total. The summed E-state index contributed by atoms with van der Waals surface area (Å²) in [6, 6.07) is 12.4. The van der Waals surface area contributed by atoms with Crippen LogP contribution in [0.5, 0.6) is 0 Å². The number of rotatable bonds is 9. The van der Waals surface area contributed by atoms with Crippen LogP contribution >= 0.6 is 0 Å². The molecule has 0 unspecified atom stereocenters. The highest BCUT2D eigenvalue weighted by molar-refractivity contribution is 6.12. The Bertz CT molecular complexity index is 1520. The van der Waals surface area contributed by atoms with Crippen LogP contribution in [-0.4, -0.2) is 42.0 Å². The summed E-state index contributed by atoms with van der Waals surface area (Å²) >= 11 is 0. The molecule has 2 aromatic carbocycles. The molecule has 0 aliphatic rings. The number of Topliss-reactive ketones (excluding diaryl/α,β-unsaturated/α-hetero) is 1. The number of benzene rings is 2. The van der Waals surface area contributed by atoms with Crippen molar-refractivity contribution in [1.82, 2.24) is 4.98 Å². The fourth-order valence-electron chi connectivity index (χ4n) is 4.71. The van der Waals surface area contributed by atoms with Gasteiger partial charge in [0.25, 0.3) is 0 Å². The van der Waals surface area contributed by atoms with E-state index in [1.165, 1.54) is 11.9 Å². The van der Waals surface area contributed by atoms with Crippen LogP contribution in [0.1, 0.15) is 68.3 Å². The number of nitrogens with one attached hydrogen (secondary N) is 2. The lowest BCUT2D eigenvalue weighted by molar-refractivity contribution is -0.137. The molecule has 1 aromatic heterocycles. The van der Waals surface area contributed by atoms with Crippen molar-refractivity contribution in [3.05, 3.63) is 71.0 Å². The van der Waals surface area contributed by atoms with Crippen molar-refractivity contribution >= 4 is 34.8 Å². The highest BCUT2D eigenvalue weighted by Gasteiger charge is 2.36. The summed E-state index contributed by atoms with van der Waals surface area (Å²) in [6.45, 7) is 12.7. The van der Waals surface area contributed by atoms with Crippen molar-refractivity contribution in [2.45, 2.75) is 66.7 Å². The SMILES string of the molecule is Cc1cc(-c2cccc(C(=O)CC(=O)Nc3cc(C(F)(F)F)c(N(C)CC(C)C)cc3NC(=O)OC(C)(C)C)c2)cc(C)n1. The maximum Gasteiger partial charge on any atom is 0.418 e. The van der Waals surface area contributed by atoms with Crippen molar-refractivity contribution in [2.75, 3.05) is 29.1 Å². The van der Waals surface area contributed by atoms with Crippen LogP contribution < -0.4 is 15.5 Å².